The Kier molecular flexibility index (Phi) is 7.39. The molecule has 1 aliphatic carbocycles. The first-order valence-corrected chi connectivity index (χ1v) is 11.6. The van der Waals surface area contributed by atoms with Gasteiger partial charge in [-0.2, -0.15) is 0 Å². The maximum Gasteiger partial charge on any atom is 0.316 e. The van der Waals surface area contributed by atoms with Crippen LogP contribution in [0.3, 0.4) is 0 Å². The molecule has 2 aromatic carbocycles. The third-order valence-electron chi connectivity index (χ3n) is 4.62. The molecule has 0 saturated heterocycles. The Morgan fingerprint density at radius 3 is 2.62 bits per heavy atom. The van der Waals surface area contributed by atoms with E-state index in [-0.39, 0.29) is 24.1 Å². The van der Waals surface area contributed by atoms with Gasteiger partial charge in [0.25, 0.3) is 0 Å². The zero-order valence-electron chi connectivity index (χ0n) is 16.4. The second-order valence-electron chi connectivity index (χ2n) is 6.75. The number of Topliss-reactive ketones (excluding diaryl/α,β-unsaturated/α-hetero) is 1. The van der Waals surface area contributed by atoms with E-state index in [4.69, 9.17) is 4.74 Å². The predicted octanol–water partition coefficient (Wildman–Crippen LogP) is 4.37. The van der Waals surface area contributed by atoms with Crippen LogP contribution >= 0.6 is 23.5 Å². The topological polar surface area (TPSA) is 72.5 Å². The molecule has 0 saturated carbocycles. The third-order valence-corrected chi connectivity index (χ3v) is 6.39. The lowest BCUT2D eigenvalue weighted by Gasteiger charge is -2.10. The summed E-state index contributed by atoms with van der Waals surface area (Å²) in [6, 6.07) is 11.4. The first kappa shape index (κ1) is 21.5. The van der Waals surface area contributed by atoms with Crippen molar-refractivity contribution in [3.63, 3.8) is 0 Å². The van der Waals surface area contributed by atoms with Crippen molar-refractivity contribution in [3.8, 4) is 0 Å². The number of ether oxygens (including phenoxy) is 1. The monoisotopic (exact) mass is 429 g/mol. The molecule has 0 atom stereocenters. The summed E-state index contributed by atoms with van der Waals surface area (Å²) in [7, 11) is 0. The number of fused-ring (bicyclic) bond motifs is 1. The minimum Gasteiger partial charge on any atom is -0.457 e. The van der Waals surface area contributed by atoms with E-state index in [1.165, 1.54) is 48.0 Å². The second kappa shape index (κ2) is 9.98. The fourth-order valence-electron chi connectivity index (χ4n) is 3.22. The molecular formula is C22H23NO4S2. The molecular weight excluding hydrogens is 406 g/mol. The van der Waals surface area contributed by atoms with E-state index in [0.29, 0.717) is 11.3 Å². The van der Waals surface area contributed by atoms with Crippen LogP contribution in [-0.2, 0) is 27.2 Å². The number of aryl methyl sites for hydroxylation is 2. The average Bonchev–Trinajstić information content (AvgIpc) is 3.17. The van der Waals surface area contributed by atoms with Crippen LogP contribution in [0.4, 0.5) is 5.69 Å². The van der Waals surface area contributed by atoms with Crippen molar-refractivity contribution in [3.05, 3.63) is 53.1 Å². The molecule has 152 valence electrons. The van der Waals surface area contributed by atoms with Gasteiger partial charge in [0.15, 0.2) is 12.4 Å². The first-order chi connectivity index (χ1) is 14.0. The van der Waals surface area contributed by atoms with Crippen molar-refractivity contribution in [2.24, 2.45) is 0 Å². The Morgan fingerprint density at radius 1 is 1.07 bits per heavy atom. The summed E-state index contributed by atoms with van der Waals surface area (Å²) in [6.07, 6.45) is 5.31. The van der Waals surface area contributed by atoms with Crippen LogP contribution in [0.2, 0.25) is 0 Å². The molecule has 0 bridgehead atoms. The van der Waals surface area contributed by atoms with Crippen LogP contribution in [0.5, 0.6) is 0 Å². The van der Waals surface area contributed by atoms with Crippen LogP contribution in [0.15, 0.2) is 46.2 Å². The van der Waals surface area contributed by atoms with Gasteiger partial charge in [-0.15, -0.1) is 23.5 Å². The third kappa shape index (κ3) is 5.87. The summed E-state index contributed by atoms with van der Waals surface area (Å²) in [5.41, 5.74) is 3.73. The Balaban J connectivity index is 1.52. The minimum atomic E-state index is -0.424. The number of ketones is 1. The fourth-order valence-corrected chi connectivity index (χ4v) is 4.51. The Morgan fingerprint density at radius 2 is 1.86 bits per heavy atom. The molecule has 1 N–H and O–H groups in total. The van der Waals surface area contributed by atoms with Crippen molar-refractivity contribution in [2.75, 3.05) is 23.9 Å². The van der Waals surface area contributed by atoms with Crippen molar-refractivity contribution >= 4 is 46.9 Å². The van der Waals surface area contributed by atoms with E-state index in [0.717, 1.165) is 22.6 Å². The van der Waals surface area contributed by atoms with E-state index >= 15 is 0 Å². The number of hydrogen-bond donors (Lipinski definition) is 1. The lowest BCUT2D eigenvalue weighted by Crippen LogP contribution is -2.16. The second-order valence-corrected chi connectivity index (χ2v) is 8.65. The number of anilines is 1. The highest BCUT2D eigenvalue weighted by Crippen LogP contribution is 2.28. The van der Waals surface area contributed by atoms with E-state index in [9.17, 15) is 14.4 Å². The van der Waals surface area contributed by atoms with E-state index in [1.54, 1.807) is 18.2 Å². The summed E-state index contributed by atoms with van der Waals surface area (Å²) in [5.74, 6) is -0.777. The lowest BCUT2D eigenvalue weighted by atomic mass is 10.1. The summed E-state index contributed by atoms with van der Waals surface area (Å²) < 4.78 is 5.15. The number of esters is 1. The van der Waals surface area contributed by atoms with Crippen molar-refractivity contribution < 1.29 is 19.1 Å². The highest BCUT2D eigenvalue weighted by Gasteiger charge is 2.15. The Bertz CT molecular complexity index is 942. The number of carbonyl (C=O) groups excluding carboxylic acids is 3. The molecule has 0 spiro atoms. The van der Waals surface area contributed by atoms with Crippen LogP contribution in [-0.4, -0.2) is 36.3 Å². The molecule has 1 amide bonds. The van der Waals surface area contributed by atoms with Gasteiger partial charge >= 0.3 is 5.97 Å². The minimum absolute atomic E-state index is 0.161. The molecule has 0 unspecified atom stereocenters. The highest BCUT2D eigenvalue weighted by molar-refractivity contribution is 8.00. The molecule has 0 fully saturated rings. The maximum absolute atomic E-state index is 12.4. The number of thioether (sulfide) groups is 2. The number of benzene rings is 2. The van der Waals surface area contributed by atoms with Crippen molar-refractivity contribution in [1.82, 2.24) is 0 Å². The Hall–Kier alpha value is -2.25. The molecule has 0 radical (unpaired) electrons. The molecule has 3 rings (SSSR count). The van der Waals surface area contributed by atoms with Gasteiger partial charge in [-0.3, -0.25) is 14.4 Å². The van der Waals surface area contributed by atoms with Crippen LogP contribution < -0.4 is 5.32 Å². The number of amides is 1. The first-order valence-electron chi connectivity index (χ1n) is 9.35. The zero-order chi connectivity index (χ0) is 20.8. The smallest absolute Gasteiger partial charge is 0.316 e. The summed E-state index contributed by atoms with van der Waals surface area (Å²) >= 11 is 2.89. The molecule has 2 aromatic rings. The predicted molar refractivity (Wildman–Crippen MR) is 117 cm³/mol. The molecule has 29 heavy (non-hydrogen) atoms. The van der Waals surface area contributed by atoms with Gasteiger partial charge in [-0.05, 0) is 60.9 Å². The van der Waals surface area contributed by atoms with E-state index in [2.05, 4.69) is 17.4 Å². The van der Waals surface area contributed by atoms with Gasteiger partial charge in [-0.25, -0.2) is 0 Å². The average molecular weight is 430 g/mol. The van der Waals surface area contributed by atoms with Crippen molar-refractivity contribution in [1.29, 1.82) is 0 Å². The zero-order valence-corrected chi connectivity index (χ0v) is 18.1. The summed E-state index contributed by atoms with van der Waals surface area (Å²) in [6.45, 7) is 1.10. The summed E-state index contributed by atoms with van der Waals surface area (Å²) in [5, 5.41) is 2.72. The highest BCUT2D eigenvalue weighted by atomic mass is 32.2. The molecule has 0 aromatic heterocycles. The van der Waals surface area contributed by atoms with Crippen molar-refractivity contribution in [2.45, 2.75) is 36.0 Å². The SMILES string of the molecule is CSc1ccc(C(=O)COC(=O)CSc2ccc3c(c2)CCC3)cc1NC(C)=O. The largest absolute Gasteiger partial charge is 0.457 e. The Labute approximate surface area is 179 Å². The van der Waals surface area contributed by atoms with Gasteiger partial charge in [0, 0.05) is 22.3 Å². The molecule has 7 heteroatoms. The fraction of sp³-hybridized carbons (Fsp3) is 0.318. The lowest BCUT2D eigenvalue weighted by molar-refractivity contribution is -0.139. The maximum atomic E-state index is 12.4. The van der Waals surface area contributed by atoms with Gasteiger partial charge in [0.2, 0.25) is 5.91 Å². The molecule has 0 aliphatic heterocycles. The van der Waals surface area contributed by atoms with Crippen LogP contribution in [0.1, 0.15) is 34.8 Å². The van der Waals surface area contributed by atoms with Crippen LogP contribution in [0, 0.1) is 0 Å². The number of rotatable bonds is 8. The van der Waals surface area contributed by atoms with E-state index in [1.807, 2.05) is 12.3 Å². The van der Waals surface area contributed by atoms with Gasteiger partial charge in [0.1, 0.15) is 0 Å². The molecule has 1 aliphatic rings. The summed E-state index contributed by atoms with van der Waals surface area (Å²) in [4.78, 5) is 37.7. The van der Waals surface area contributed by atoms with E-state index < -0.39 is 5.97 Å². The molecule has 5 nitrogen and oxygen atoms in total. The number of nitrogens with one attached hydrogen (secondary N) is 1. The van der Waals surface area contributed by atoms with Crippen LogP contribution in [0.25, 0.3) is 0 Å². The van der Waals surface area contributed by atoms with Gasteiger partial charge in [0.05, 0.1) is 11.4 Å². The van der Waals surface area contributed by atoms with Gasteiger partial charge in [-0.1, -0.05) is 12.1 Å². The molecule has 0 heterocycles. The quantitative estimate of drug-likeness (QED) is 0.382. The van der Waals surface area contributed by atoms with Gasteiger partial charge < -0.3 is 10.1 Å². The number of hydrogen-bond acceptors (Lipinski definition) is 6. The standard InChI is InChI=1S/C22H23NO4S2/c1-14(24)23-19-11-17(7-9-21(19)28-2)20(25)12-27-22(26)13-29-18-8-6-15-4-3-5-16(15)10-18/h6-11H,3-5,12-13H2,1-2H3,(H,23,24). The normalized spacial score (nSPS) is 12.3. The number of carbonyl (C=O) groups is 3.